The fourth-order valence-corrected chi connectivity index (χ4v) is 3.31. The van der Waals surface area contributed by atoms with Crippen molar-refractivity contribution in [2.24, 2.45) is 0 Å². The number of benzene rings is 2. The summed E-state index contributed by atoms with van der Waals surface area (Å²) in [5.41, 5.74) is 0.871. The molecule has 1 N–H and O–H groups in total. The Hall–Kier alpha value is -2.60. The van der Waals surface area contributed by atoms with Crippen molar-refractivity contribution >= 4 is 19.8 Å². The predicted octanol–water partition coefficient (Wildman–Crippen LogP) is 3.71. The third-order valence-corrected chi connectivity index (χ3v) is 4.40. The van der Waals surface area contributed by atoms with E-state index in [1.807, 2.05) is 13.1 Å². The molecule has 3 rings (SSSR count). The molecular formula is C18H18FNO3Si. The molecule has 2 aromatic carbocycles. The lowest BCUT2D eigenvalue weighted by Crippen LogP contribution is -2.12. The minimum absolute atomic E-state index is 0.239. The fourth-order valence-electron chi connectivity index (χ4n) is 2.61. The smallest absolute Gasteiger partial charge is 0.256 e. The summed E-state index contributed by atoms with van der Waals surface area (Å²) in [6.07, 6.45) is 0. The summed E-state index contributed by atoms with van der Waals surface area (Å²) in [7, 11) is 0.171. The number of rotatable bonds is 4. The van der Waals surface area contributed by atoms with Gasteiger partial charge in [-0.3, -0.25) is 4.79 Å². The van der Waals surface area contributed by atoms with Crippen LogP contribution in [0.1, 0.15) is 0 Å². The van der Waals surface area contributed by atoms with Crippen LogP contribution < -0.4 is 14.7 Å². The SMILES string of the molecule is COc1cccc2c(=O)[nH]c(-c3ccc(O[SiH](C)C)c(F)c3)cc12. The van der Waals surface area contributed by atoms with E-state index >= 15 is 0 Å². The van der Waals surface area contributed by atoms with Gasteiger partial charge in [0.1, 0.15) is 11.5 Å². The van der Waals surface area contributed by atoms with E-state index in [-0.39, 0.29) is 11.3 Å². The van der Waals surface area contributed by atoms with Crippen molar-refractivity contribution in [3.8, 4) is 22.8 Å². The van der Waals surface area contributed by atoms with Crippen molar-refractivity contribution in [3.05, 3.63) is 58.6 Å². The van der Waals surface area contributed by atoms with Gasteiger partial charge < -0.3 is 14.1 Å². The molecule has 0 aliphatic carbocycles. The second-order valence-electron chi connectivity index (χ2n) is 5.75. The predicted molar refractivity (Wildman–Crippen MR) is 96.0 cm³/mol. The zero-order chi connectivity index (χ0) is 17.3. The van der Waals surface area contributed by atoms with Gasteiger partial charge in [-0.2, -0.15) is 0 Å². The summed E-state index contributed by atoms with van der Waals surface area (Å²) in [4.78, 5) is 15.1. The molecule has 0 amide bonds. The largest absolute Gasteiger partial charge is 0.545 e. The normalized spacial score (nSPS) is 11.0. The molecule has 0 unspecified atom stereocenters. The van der Waals surface area contributed by atoms with Crippen LogP contribution in [0.15, 0.2) is 47.3 Å². The molecule has 6 heteroatoms. The van der Waals surface area contributed by atoms with Gasteiger partial charge in [-0.15, -0.1) is 0 Å². The van der Waals surface area contributed by atoms with Crippen LogP contribution in [0.3, 0.4) is 0 Å². The molecule has 0 fully saturated rings. The Labute approximate surface area is 140 Å². The molecule has 1 aromatic heterocycles. The van der Waals surface area contributed by atoms with E-state index in [2.05, 4.69) is 4.98 Å². The first kappa shape index (κ1) is 16.3. The number of fused-ring (bicyclic) bond motifs is 1. The first-order valence-corrected chi connectivity index (χ1v) is 10.4. The number of H-pyrrole nitrogens is 1. The van der Waals surface area contributed by atoms with E-state index in [1.165, 1.54) is 6.07 Å². The van der Waals surface area contributed by atoms with E-state index in [0.29, 0.717) is 27.8 Å². The van der Waals surface area contributed by atoms with Crippen molar-refractivity contribution in [3.63, 3.8) is 0 Å². The Balaban J connectivity index is 2.13. The van der Waals surface area contributed by atoms with Gasteiger partial charge in [0, 0.05) is 16.6 Å². The van der Waals surface area contributed by atoms with Crippen molar-refractivity contribution in [1.82, 2.24) is 4.98 Å². The summed E-state index contributed by atoms with van der Waals surface area (Å²) in [5.74, 6) is 0.418. The lowest BCUT2D eigenvalue weighted by atomic mass is 10.1. The first-order valence-electron chi connectivity index (χ1n) is 7.66. The highest BCUT2D eigenvalue weighted by Gasteiger charge is 2.11. The number of aromatic nitrogens is 1. The average molecular weight is 343 g/mol. The zero-order valence-electron chi connectivity index (χ0n) is 13.7. The maximum atomic E-state index is 14.2. The molecular weight excluding hydrogens is 325 g/mol. The number of ether oxygens (including phenoxy) is 1. The molecule has 0 aliphatic heterocycles. The molecule has 0 radical (unpaired) electrons. The number of halogens is 1. The number of nitrogens with one attached hydrogen (secondary N) is 1. The maximum Gasteiger partial charge on any atom is 0.256 e. The van der Waals surface area contributed by atoms with Gasteiger partial charge in [0.25, 0.3) is 5.56 Å². The summed E-state index contributed by atoms with van der Waals surface area (Å²) < 4.78 is 25.1. The third kappa shape index (κ3) is 3.05. The van der Waals surface area contributed by atoms with Crippen LogP contribution in [0.25, 0.3) is 22.0 Å². The number of aromatic amines is 1. The lowest BCUT2D eigenvalue weighted by Gasteiger charge is -2.12. The average Bonchev–Trinajstić information content (AvgIpc) is 2.55. The van der Waals surface area contributed by atoms with Crippen LogP contribution >= 0.6 is 0 Å². The maximum absolute atomic E-state index is 14.2. The molecule has 3 aromatic rings. The first-order chi connectivity index (χ1) is 11.5. The van der Waals surface area contributed by atoms with Gasteiger partial charge in [0.15, 0.2) is 5.82 Å². The molecule has 0 bridgehead atoms. The van der Waals surface area contributed by atoms with E-state index in [4.69, 9.17) is 9.16 Å². The van der Waals surface area contributed by atoms with E-state index in [9.17, 15) is 9.18 Å². The number of hydrogen-bond acceptors (Lipinski definition) is 3. The van der Waals surface area contributed by atoms with E-state index < -0.39 is 14.9 Å². The van der Waals surface area contributed by atoms with Gasteiger partial charge in [-0.1, -0.05) is 6.07 Å². The van der Waals surface area contributed by atoms with Crippen LogP contribution in [0.4, 0.5) is 4.39 Å². The van der Waals surface area contributed by atoms with E-state index in [1.54, 1.807) is 43.5 Å². The minimum Gasteiger partial charge on any atom is -0.545 e. The molecule has 0 saturated heterocycles. The molecule has 0 atom stereocenters. The van der Waals surface area contributed by atoms with Crippen molar-refractivity contribution < 1.29 is 13.6 Å². The zero-order valence-corrected chi connectivity index (χ0v) is 14.9. The summed E-state index contributed by atoms with van der Waals surface area (Å²) in [6, 6.07) is 11.8. The van der Waals surface area contributed by atoms with Crippen molar-refractivity contribution in [2.45, 2.75) is 13.1 Å². The number of pyridine rings is 1. The highest BCUT2D eigenvalue weighted by atomic mass is 28.3. The van der Waals surface area contributed by atoms with Gasteiger partial charge >= 0.3 is 0 Å². The topological polar surface area (TPSA) is 51.3 Å². The molecule has 0 saturated carbocycles. The van der Waals surface area contributed by atoms with Crippen LogP contribution in [0, 0.1) is 5.82 Å². The Morgan fingerprint density at radius 2 is 1.83 bits per heavy atom. The van der Waals surface area contributed by atoms with Crippen LogP contribution in [-0.4, -0.2) is 21.1 Å². The number of hydrogen-bond donors (Lipinski definition) is 1. The number of methoxy groups -OCH3 is 1. The van der Waals surface area contributed by atoms with Crippen LogP contribution in [0.5, 0.6) is 11.5 Å². The molecule has 124 valence electrons. The summed E-state index contributed by atoms with van der Waals surface area (Å²) in [6.45, 7) is 3.95. The Bertz CT molecular complexity index is 953. The quantitative estimate of drug-likeness (QED) is 0.735. The van der Waals surface area contributed by atoms with Gasteiger partial charge in [-0.05, 0) is 49.5 Å². The highest BCUT2D eigenvalue weighted by molar-refractivity contribution is 6.49. The van der Waals surface area contributed by atoms with Gasteiger partial charge in [-0.25, -0.2) is 4.39 Å². The summed E-state index contributed by atoms with van der Waals surface area (Å²) >= 11 is 0. The molecule has 0 aliphatic rings. The second kappa shape index (κ2) is 6.49. The molecule has 24 heavy (non-hydrogen) atoms. The fraction of sp³-hybridized carbons (Fsp3) is 0.167. The lowest BCUT2D eigenvalue weighted by molar-refractivity contribution is 0.420. The standard InChI is InChI=1S/C18H18FNO3Si/c1-22-16-6-4-5-12-13(16)10-15(20-18(12)21)11-7-8-17(14(19)9-11)23-24(2)3/h4-10,24H,1-3H3,(H,20,21). The molecule has 4 nitrogen and oxygen atoms in total. The highest BCUT2D eigenvalue weighted by Crippen LogP contribution is 2.29. The van der Waals surface area contributed by atoms with Gasteiger partial charge in [0.2, 0.25) is 9.04 Å². The van der Waals surface area contributed by atoms with Crippen molar-refractivity contribution in [1.29, 1.82) is 0 Å². The van der Waals surface area contributed by atoms with E-state index in [0.717, 1.165) is 0 Å². The Morgan fingerprint density at radius 1 is 1.04 bits per heavy atom. The Morgan fingerprint density at radius 3 is 2.50 bits per heavy atom. The Kier molecular flexibility index (Phi) is 4.39. The van der Waals surface area contributed by atoms with Crippen LogP contribution in [-0.2, 0) is 0 Å². The second-order valence-corrected chi connectivity index (χ2v) is 8.08. The summed E-state index contributed by atoms with van der Waals surface area (Å²) in [5, 5.41) is 1.22. The van der Waals surface area contributed by atoms with Gasteiger partial charge in [0.05, 0.1) is 12.5 Å². The monoisotopic (exact) mass is 343 g/mol. The van der Waals surface area contributed by atoms with Crippen molar-refractivity contribution in [2.75, 3.05) is 7.11 Å². The third-order valence-electron chi connectivity index (χ3n) is 3.67. The minimum atomic E-state index is -1.38. The molecule has 1 heterocycles. The molecule has 0 spiro atoms. The van der Waals surface area contributed by atoms with Crippen LogP contribution in [0.2, 0.25) is 13.1 Å².